The van der Waals surface area contributed by atoms with Gasteiger partial charge in [-0.3, -0.25) is 0 Å². The Morgan fingerprint density at radius 1 is 0.870 bits per heavy atom. The monoisotopic (exact) mass is 307 g/mol. The predicted octanol–water partition coefficient (Wildman–Crippen LogP) is 7.06. The molecular weight excluding hydrogens is 278 g/mol. The van der Waals surface area contributed by atoms with Gasteiger partial charge in [0.2, 0.25) is 0 Å². The lowest BCUT2D eigenvalue weighted by Gasteiger charge is -2.04. The summed E-state index contributed by atoms with van der Waals surface area (Å²) in [4.78, 5) is 0. The van der Waals surface area contributed by atoms with E-state index in [9.17, 15) is 0 Å². The summed E-state index contributed by atoms with van der Waals surface area (Å²) in [5.74, 6) is 0. The molecule has 1 aromatic heterocycles. The SMILES string of the molecule is C=Cc1cc2c(cc1/C=C\C)c1ccccc1n2C.CC.CC. The maximum absolute atomic E-state index is 3.92. The topological polar surface area (TPSA) is 4.93 Å². The van der Waals surface area contributed by atoms with Crippen LogP contribution in [0.15, 0.2) is 49.1 Å². The molecule has 0 radical (unpaired) electrons. The standard InChI is InChI=1S/C18H17N.2C2H6/c1-4-8-14-11-16-15-9-6-7-10-17(15)19(3)18(16)12-13(14)5-2;2*1-2/h4-12H,2H2,1,3H3;2*1-2H3/b8-4-;;. The summed E-state index contributed by atoms with van der Waals surface area (Å²) in [5, 5.41) is 2.61. The lowest BCUT2D eigenvalue weighted by Crippen LogP contribution is -1.88. The molecule has 0 aliphatic carbocycles. The number of benzene rings is 2. The van der Waals surface area contributed by atoms with Crippen LogP contribution in [0.3, 0.4) is 0 Å². The minimum atomic E-state index is 1.18. The lowest BCUT2D eigenvalue weighted by atomic mass is 10.0. The zero-order valence-corrected chi connectivity index (χ0v) is 15.4. The Morgan fingerprint density at radius 2 is 1.52 bits per heavy atom. The van der Waals surface area contributed by atoms with Gasteiger partial charge in [-0.25, -0.2) is 0 Å². The molecule has 1 heterocycles. The van der Waals surface area contributed by atoms with Crippen molar-refractivity contribution in [1.29, 1.82) is 0 Å². The highest BCUT2D eigenvalue weighted by atomic mass is 14.9. The van der Waals surface area contributed by atoms with Crippen LogP contribution in [0.4, 0.5) is 0 Å². The molecule has 0 saturated carbocycles. The van der Waals surface area contributed by atoms with Gasteiger partial charge in [0.05, 0.1) is 0 Å². The Kier molecular flexibility index (Phi) is 7.34. The van der Waals surface area contributed by atoms with Gasteiger partial charge in [-0.15, -0.1) is 0 Å². The Morgan fingerprint density at radius 3 is 2.13 bits per heavy atom. The number of rotatable bonds is 2. The van der Waals surface area contributed by atoms with Gasteiger partial charge in [0, 0.05) is 28.9 Å². The van der Waals surface area contributed by atoms with Gasteiger partial charge < -0.3 is 4.57 Å². The third-order valence-electron chi connectivity index (χ3n) is 3.68. The highest BCUT2D eigenvalue weighted by molar-refractivity contribution is 6.09. The molecule has 1 nitrogen and oxygen atoms in total. The van der Waals surface area contributed by atoms with Crippen molar-refractivity contribution in [3.63, 3.8) is 0 Å². The second-order valence-electron chi connectivity index (χ2n) is 4.78. The minimum absolute atomic E-state index is 1.18. The second kappa shape index (κ2) is 8.99. The number of allylic oxidation sites excluding steroid dienone is 1. The number of nitrogens with zero attached hydrogens (tertiary/aromatic N) is 1. The van der Waals surface area contributed by atoms with Gasteiger partial charge in [-0.2, -0.15) is 0 Å². The summed E-state index contributed by atoms with van der Waals surface area (Å²) in [6.45, 7) is 14.0. The summed E-state index contributed by atoms with van der Waals surface area (Å²) in [7, 11) is 2.12. The predicted molar refractivity (Wildman–Crippen MR) is 108 cm³/mol. The first-order chi connectivity index (χ1) is 11.3. The van der Waals surface area contributed by atoms with Gasteiger partial charge in [0.15, 0.2) is 0 Å². The lowest BCUT2D eigenvalue weighted by molar-refractivity contribution is 1.01. The molecule has 0 aliphatic rings. The molecule has 2 aromatic carbocycles. The zero-order chi connectivity index (χ0) is 17.4. The Bertz CT molecular complexity index is 804. The van der Waals surface area contributed by atoms with Crippen molar-refractivity contribution in [1.82, 2.24) is 4.57 Å². The molecule has 0 fully saturated rings. The molecule has 0 aliphatic heterocycles. The third-order valence-corrected chi connectivity index (χ3v) is 3.68. The maximum atomic E-state index is 3.92. The molecule has 1 heteroatoms. The van der Waals surface area contributed by atoms with Crippen molar-refractivity contribution in [2.24, 2.45) is 7.05 Å². The van der Waals surface area contributed by atoms with Crippen LogP contribution in [0.25, 0.3) is 34.0 Å². The molecule has 3 aromatic rings. The van der Waals surface area contributed by atoms with Crippen molar-refractivity contribution in [2.75, 3.05) is 0 Å². The molecule has 0 bridgehead atoms. The smallest absolute Gasteiger partial charge is 0.0495 e. The number of fused-ring (bicyclic) bond motifs is 3. The molecule has 122 valence electrons. The van der Waals surface area contributed by atoms with Crippen molar-refractivity contribution in [3.05, 3.63) is 60.2 Å². The van der Waals surface area contributed by atoms with E-state index in [-0.39, 0.29) is 0 Å². The van der Waals surface area contributed by atoms with Crippen LogP contribution in [0, 0.1) is 0 Å². The van der Waals surface area contributed by atoms with Gasteiger partial charge in [-0.05, 0) is 36.2 Å². The fourth-order valence-electron chi connectivity index (χ4n) is 2.74. The van der Waals surface area contributed by atoms with Crippen molar-refractivity contribution < 1.29 is 0 Å². The van der Waals surface area contributed by atoms with E-state index in [4.69, 9.17) is 0 Å². The van der Waals surface area contributed by atoms with Crippen LogP contribution in [-0.4, -0.2) is 4.57 Å². The summed E-state index contributed by atoms with van der Waals surface area (Å²) in [6.07, 6.45) is 6.13. The molecule has 0 atom stereocenters. The van der Waals surface area contributed by atoms with E-state index in [1.807, 2.05) is 40.7 Å². The Labute approximate surface area is 140 Å². The second-order valence-corrected chi connectivity index (χ2v) is 4.78. The van der Waals surface area contributed by atoms with Crippen molar-refractivity contribution >= 4 is 34.0 Å². The van der Waals surface area contributed by atoms with E-state index in [0.29, 0.717) is 0 Å². The van der Waals surface area contributed by atoms with Crippen molar-refractivity contribution in [2.45, 2.75) is 34.6 Å². The van der Waals surface area contributed by atoms with Crippen LogP contribution in [0.1, 0.15) is 45.7 Å². The molecule has 23 heavy (non-hydrogen) atoms. The van der Waals surface area contributed by atoms with Crippen molar-refractivity contribution in [3.8, 4) is 0 Å². The molecular formula is C22H29N. The van der Waals surface area contributed by atoms with E-state index in [1.165, 1.54) is 32.9 Å². The average Bonchev–Trinajstić information content (AvgIpc) is 2.90. The first kappa shape index (κ1) is 18.8. The van der Waals surface area contributed by atoms with E-state index < -0.39 is 0 Å². The van der Waals surface area contributed by atoms with Crippen LogP contribution in [0.5, 0.6) is 0 Å². The summed E-state index contributed by atoms with van der Waals surface area (Å²) in [5.41, 5.74) is 4.92. The summed E-state index contributed by atoms with van der Waals surface area (Å²) < 4.78 is 2.25. The Balaban J connectivity index is 0.000000615. The normalized spacial score (nSPS) is 10.2. The van der Waals surface area contributed by atoms with Crippen LogP contribution >= 0.6 is 0 Å². The van der Waals surface area contributed by atoms with Crippen LogP contribution in [-0.2, 0) is 7.05 Å². The summed E-state index contributed by atoms with van der Waals surface area (Å²) in [6, 6.07) is 13.0. The van der Waals surface area contributed by atoms with E-state index in [2.05, 4.69) is 66.7 Å². The number of hydrogen-bond acceptors (Lipinski definition) is 0. The van der Waals surface area contributed by atoms with Gasteiger partial charge in [-0.1, -0.05) is 70.7 Å². The fraction of sp³-hybridized carbons (Fsp3) is 0.273. The Hall–Kier alpha value is -2.28. The van der Waals surface area contributed by atoms with Gasteiger partial charge in [0.1, 0.15) is 0 Å². The highest BCUT2D eigenvalue weighted by Gasteiger charge is 2.09. The minimum Gasteiger partial charge on any atom is -0.344 e. The number of aryl methyl sites for hydroxylation is 1. The van der Waals surface area contributed by atoms with E-state index >= 15 is 0 Å². The molecule has 3 rings (SSSR count). The molecule has 0 saturated heterocycles. The fourth-order valence-corrected chi connectivity index (χ4v) is 2.74. The maximum Gasteiger partial charge on any atom is 0.0495 e. The number of para-hydroxylation sites is 1. The average molecular weight is 307 g/mol. The molecule has 0 spiro atoms. The first-order valence-corrected chi connectivity index (χ1v) is 8.52. The van der Waals surface area contributed by atoms with Crippen LogP contribution in [0.2, 0.25) is 0 Å². The molecule has 0 N–H and O–H groups in total. The molecule has 0 unspecified atom stereocenters. The quantitative estimate of drug-likeness (QED) is 0.477. The van der Waals surface area contributed by atoms with Gasteiger partial charge >= 0.3 is 0 Å². The van der Waals surface area contributed by atoms with E-state index in [0.717, 1.165) is 0 Å². The highest BCUT2D eigenvalue weighted by Crippen LogP contribution is 2.31. The third kappa shape index (κ3) is 3.56. The number of aromatic nitrogens is 1. The van der Waals surface area contributed by atoms with E-state index in [1.54, 1.807) is 0 Å². The molecule has 0 amide bonds. The van der Waals surface area contributed by atoms with Gasteiger partial charge in [0.25, 0.3) is 0 Å². The zero-order valence-electron chi connectivity index (χ0n) is 15.4. The van der Waals surface area contributed by atoms with Crippen LogP contribution < -0.4 is 0 Å². The summed E-state index contributed by atoms with van der Waals surface area (Å²) >= 11 is 0. The largest absolute Gasteiger partial charge is 0.344 e. The first-order valence-electron chi connectivity index (χ1n) is 8.52. The number of hydrogen-bond donors (Lipinski definition) is 0.